The number of alkyl halides is 2. The van der Waals surface area contributed by atoms with Crippen LogP contribution >= 0.6 is 15.9 Å². The third-order valence-corrected chi connectivity index (χ3v) is 2.29. The molecule has 0 aliphatic carbocycles. The first-order valence-corrected chi connectivity index (χ1v) is 4.46. The topological polar surface area (TPSA) is 62.7 Å². The Kier molecular flexibility index (Phi) is 3.49. The van der Waals surface area contributed by atoms with Gasteiger partial charge < -0.3 is 5.73 Å². The minimum absolute atomic E-state index is 0.0943. The molecule has 74 valence electrons. The second-order valence-corrected chi connectivity index (χ2v) is 3.32. The van der Waals surface area contributed by atoms with Crippen molar-refractivity contribution in [1.29, 1.82) is 5.26 Å². The molecular formula is C8H6BrF2N3. The minimum Gasteiger partial charge on any atom is -0.326 e. The fourth-order valence-corrected chi connectivity index (χ4v) is 1.49. The van der Waals surface area contributed by atoms with Crippen molar-refractivity contribution in [1.82, 2.24) is 4.98 Å². The Balaban J connectivity index is 3.42. The Bertz CT molecular complexity index is 387. The highest BCUT2D eigenvalue weighted by molar-refractivity contribution is 9.10. The Morgan fingerprint density at radius 2 is 2.29 bits per heavy atom. The average Bonchev–Trinajstić information content (AvgIpc) is 2.16. The number of rotatable bonds is 2. The van der Waals surface area contributed by atoms with Gasteiger partial charge in [0.2, 0.25) is 0 Å². The van der Waals surface area contributed by atoms with Gasteiger partial charge in [-0.15, -0.1) is 0 Å². The molecule has 0 saturated heterocycles. The summed E-state index contributed by atoms with van der Waals surface area (Å²) in [6.45, 7) is -0.130. The van der Waals surface area contributed by atoms with E-state index >= 15 is 0 Å². The molecule has 0 fully saturated rings. The normalized spacial score (nSPS) is 10.3. The Hall–Kier alpha value is -1.06. The van der Waals surface area contributed by atoms with Crippen LogP contribution in [0.3, 0.4) is 0 Å². The van der Waals surface area contributed by atoms with Gasteiger partial charge in [-0.1, -0.05) is 0 Å². The fraction of sp³-hybridized carbons (Fsp3) is 0.250. The van der Waals surface area contributed by atoms with Gasteiger partial charge in [0.15, 0.2) is 0 Å². The highest BCUT2D eigenvalue weighted by Gasteiger charge is 2.18. The number of hydrogen-bond acceptors (Lipinski definition) is 3. The van der Waals surface area contributed by atoms with E-state index in [1.165, 1.54) is 6.20 Å². The van der Waals surface area contributed by atoms with Gasteiger partial charge in [-0.05, 0) is 15.9 Å². The Labute approximate surface area is 87.7 Å². The van der Waals surface area contributed by atoms with Gasteiger partial charge in [0, 0.05) is 18.3 Å². The van der Waals surface area contributed by atoms with Crippen molar-refractivity contribution in [2.75, 3.05) is 0 Å². The molecule has 0 amide bonds. The smallest absolute Gasteiger partial charge is 0.280 e. The predicted molar refractivity (Wildman–Crippen MR) is 49.5 cm³/mol. The number of aromatic nitrogens is 1. The van der Waals surface area contributed by atoms with Crippen LogP contribution in [0.2, 0.25) is 0 Å². The average molecular weight is 262 g/mol. The lowest BCUT2D eigenvalue weighted by Crippen LogP contribution is -2.07. The third-order valence-electron chi connectivity index (χ3n) is 1.69. The summed E-state index contributed by atoms with van der Waals surface area (Å²) in [4.78, 5) is 3.53. The number of hydrogen-bond donors (Lipinski definition) is 1. The highest BCUT2D eigenvalue weighted by atomic mass is 79.9. The molecule has 0 aromatic carbocycles. The molecular weight excluding hydrogens is 256 g/mol. The molecule has 0 unspecified atom stereocenters. The lowest BCUT2D eigenvalue weighted by atomic mass is 10.1. The molecule has 1 rings (SSSR count). The maximum Gasteiger partial charge on any atom is 0.280 e. The molecule has 0 atom stereocenters. The van der Waals surface area contributed by atoms with E-state index in [2.05, 4.69) is 20.9 Å². The van der Waals surface area contributed by atoms with Gasteiger partial charge in [-0.2, -0.15) is 5.26 Å². The van der Waals surface area contributed by atoms with Gasteiger partial charge in [0.25, 0.3) is 6.43 Å². The largest absolute Gasteiger partial charge is 0.326 e. The van der Waals surface area contributed by atoms with Crippen LogP contribution in [-0.4, -0.2) is 4.98 Å². The van der Waals surface area contributed by atoms with Crippen molar-refractivity contribution in [2.24, 2.45) is 5.73 Å². The molecule has 3 nitrogen and oxygen atoms in total. The van der Waals surface area contributed by atoms with Crippen LogP contribution in [0.25, 0.3) is 0 Å². The Morgan fingerprint density at radius 3 is 2.71 bits per heavy atom. The number of halogens is 3. The van der Waals surface area contributed by atoms with Gasteiger partial charge in [0.05, 0.1) is 10.0 Å². The van der Waals surface area contributed by atoms with Crippen molar-refractivity contribution < 1.29 is 8.78 Å². The molecule has 14 heavy (non-hydrogen) atoms. The summed E-state index contributed by atoms with van der Waals surface area (Å²) in [6.07, 6.45) is -1.53. The molecule has 1 aromatic rings. The SMILES string of the molecule is N#Cc1c(Br)cnc(C(F)F)c1CN. The number of nitrogens with zero attached hydrogens (tertiary/aromatic N) is 2. The summed E-state index contributed by atoms with van der Waals surface area (Å²) in [5, 5.41) is 8.73. The maximum atomic E-state index is 12.4. The van der Waals surface area contributed by atoms with Gasteiger partial charge >= 0.3 is 0 Å². The van der Waals surface area contributed by atoms with E-state index in [1.807, 2.05) is 6.07 Å². The first-order valence-electron chi connectivity index (χ1n) is 3.67. The predicted octanol–water partition coefficient (Wildman–Crippen LogP) is 2.11. The van der Waals surface area contributed by atoms with Gasteiger partial charge in [-0.25, -0.2) is 8.78 Å². The van der Waals surface area contributed by atoms with E-state index < -0.39 is 12.1 Å². The van der Waals surface area contributed by atoms with Crippen LogP contribution in [0.15, 0.2) is 10.7 Å². The molecule has 0 saturated carbocycles. The first kappa shape index (κ1) is 11.0. The Morgan fingerprint density at radius 1 is 1.64 bits per heavy atom. The zero-order valence-electron chi connectivity index (χ0n) is 6.97. The van der Waals surface area contributed by atoms with Crippen LogP contribution in [0, 0.1) is 11.3 Å². The third kappa shape index (κ3) is 1.89. The van der Waals surface area contributed by atoms with Crippen LogP contribution < -0.4 is 5.73 Å². The van der Waals surface area contributed by atoms with Gasteiger partial charge in [-0.3, -0.25) is 4.98 Å². The second kappa shape index (κ2) is 4.44. The fourth-order valence-electron chi connectivity index (χ4n) is 1.06. The molecule has 1 heterocycles. The van der Waals surface area contributed by atoms with Crippen molar-refractivity contribution in [2.45, 2.75) is 13.0 Å². The lowest BCUT2D eigenvalue weighted by molar-refractivity contribution is 0.144. The number of nitrogens with two attached hydrogens (primary N) is 1. The zero-order valence-corrected chi connectivity index (χ0v) is 8.55. The summed E-state index contributed by atoms with van der Waals surface area (Å²) in [5.41, 5.74) is 5.08. The van der Waals surface area contributed by atoms with E-state index in [-0.39, 0.29) is 17.7 Å². The monoisotopic (exact) mass is 261 g/mol. The molecule has 0 spiro atoms. The highest BCUT2D eigenvalue weighted by Crippen LogP contribution is 2.27. The summed E-state index contributed by atoms with van der Waals surface area (Å²) in [7, 11) is 0. The van der Waals surface area contributed by atoms with Crippen molar-refractivity contribution in [3.05, 3.63) is 27.5 Å². The van der Waals surface area contributed by atoms with E-state index in [0.29, 0.717) is 4.47 Å². The lowest BCUT2D eigenvalue weighted by Gasteiger charge is -2.08. The van der Waals surface area contributed by atoms with Crippen molar-refractivity contribution in [3.8, 4) is 6.07 Å². The molecule has 1 aromatic heterocycles. The molecule has 0 aliphatic heterocycles. The molecule has 0 bridgehead atoms. The van der Waals surface area contributed by atoms with Crippen LogP contribution in [0.4, 0.5) is 8.78 Å². The van der Waals surface area contributed by atoms with E-state index in [0.717, 1.165) is 0 Å². The first-order chi connectivity index (χ1) is 6.61. The summed E-state index contributed by atoms with van der Waals surface area (Å²) < 4.78 is 25.2. The van der Waals surface area contributed by atoms with Gasteiger partial charge in [0.1, 0.15) is 11.8 Å². The van der Waals surface area contributed by atoms with Crippen LogP contribution in [-0.2, 0) is 6.54 Å². The summed E-state index contributed by atoms with van der Waals surface area (Å²) in [5.74, 6) is 0. The minimum atomic E-state index is -2.71. The maximum absolute atomic E-state index is 12.4. The molecule has 0 aliphatic rings. The zero-order chi connectivity index (χ0) is 10.7. The standard InChI is InChI=1S/C8H6BrF2N3/c9-6-3-14-7(8(10)11)5(2-13)4(6)1-12/h3,8H,2,13H2. The van der Waals surface area contributed by atoms with Crippen LogP contribution in [0.5, 0.6) is 0 Å². The molecule has 6 heteroatoms. The quantitative estimate of drug-likeness (QED) is 0.887. The van der Waals surface area contributed by atoms with E-state index in [4.69, 9.17) is 11.0 Å². The second-order valence-electron chi connectivity index (χ2n) is 2.46. The number of nitriles is 1. The van der Waals surface area contributed by atoms with E-state index in [9.17, 15) is 8.78 Å². The van der Waals surface area contributed by atoms with Crippen molar-refractivity contribution >= 4 is 15.9 Å². The summed E-state index contributed by atoms with van der Waals surface area (Å²) in [6, 6.07) is 1.81. The molecule has 2 N–H and O–H groups in total. The summed E-state index contributed by atoms with van der Waals surface area (Å²) >= 11 is 3.05. The number of pyridine rings is 1. The molecule has 0 radical (unpaired) electrons. The van der Waals surface area contributed by atoms with Crippen LogP contribution in [0.1, 0.15) is 23.2 Å². The van der Waals surface area contributed by atoms with E-state index in [1.54, 1.807) is 0 Å². The van der Waals surface area contributed by atoms with Crippen molar-refractivity contribution in [3.63, 3.8) is 0 Å².